The number of carboxylic acids is 1. The van der Waals surface area contributed by atoms with Crippen LogP contribution in [0.25, 0.3) is 0 Å². The van der Waals surface area contributed by atoms with Gasteiger partial charge in [-0.3, -0.25) is 0 Å². The van der Waals surface area contributed by atoms with Crippen LogP contribution in [0.2, 0.25) is 0 Å². The number of hydrogen-bond acceptors (Lipinski definition) is 4. The van der Waals surface area contributed by atoms with E-state index in [2.05, 4.69) is 5.32 Å². The summed E-state index contributed by atoms with van der Waals surface area (Å²) in [6.45, 7) is 0.780. The van der Waals surface area contributed by atoms with E-state index in [0.717, 1.165) is 25.7 Å². The third kappa shape index (κ3) is 3.65. The van der Waals surface area contributed by atoms with Gasteiger partial charge in [-0.05, 0) is 12.8 Å². The number of urea groups is 1. The summed E-state index contributed by atoms with van der Waals surface area (Å²) < 4.78 is 5.20. The van der Waals surface area contributed by atoms with Crippen LogP contribution >= 0.6 is 0 Å². The number of hydrogen-bond donors (Lipinski definition) is 3. The molecule has 21 heavy (non-hydrogen) atoms. The number of carbonyl (C=O) groups excluding carboxylic acids is 1. The van der Waals surface area contributed by atoms with Gasteiger partial charge in [0.25, 0.3) is 0 Å². The first kappa shape index (κ1) is 16.0. The number of aliphatic hydroxyl groups is 1. The maximum atomic E-state index is 12.5. The number of ether oxygens (including phenoxy) is 1. The molecular weight excluding hydrogens is 276 g/mol. The molecule has 2 amide bonds. The molecule has 1 aliphatic carbocycles. The van der Waals surface area contributed by atoms with Crippen molar-refractivity contribution in [2.24, 2.45) is 0 Å². The lowest BCUT2D eigenvalue weighted by Gasteiger charge is -2.37. The Morgan fingerprint density at radius 1 is 1.24 bits per heavy atom. The minimum atomic E-state index is -1.25. The summed E-state index contributed by atoms with van der Waals surface area (Å²) in [7, 11) is 0. The molecule has 1 heterocycles. The highest BCUT2D eigenvalue weighted by Crippen LogP contribution is 2.25. The van der Waals surface area contributed by atoms with E-state index in [4.69, 9.17) is 9.84 Å². The molecule has 0 spiro atoms. The maximum Gasteiger partial charge on any atom is 0.329 e. The Morgan fingerprint density at radius 2 is 1.86 bits per heavy atom. The molecule has 1 saturated heterocycles. The summed E-state index contributed by atoms with van der Waals surface area (Å²) >= 11 is 0. The van der Waals surface area contributed by atoms with Crippen LogP contribution in [0.4, 0.5) is 4.79 Å². The van der Waals surface area contributed by atoms with Gasteiger partial charge in [-0.2, -0.15) is 0 Å². The molecular formula is C14H24N2O5. The molecule has 0 radical (unpaired) electrons. The highest BCUT2D eigenvalue weighted by Gasteiger charge is 2.43. The zero-order valence-corrected chi connectivity index (χ0v) is 12.2. The molecule has 3 N–H and O–H groups in total. The lowest BCUT2D eigenvalue weighted by molar-refractivity contribution is -0.148. The van der Waals surface area contributed by atoms with Crippen molar-refractivity contribution in [3.8, 4) is 0 Å². The average molecular weight is 300 g/mol. The minimum Gasteiger partial charge on any atom is -0.480 e. The third-order valence-electron chi connectivity index (χ3n) is 4.47. The Labute approximate surface area is 124 Å². The molecule has 7 heteroatoms. The largest absolute Gasteiger partial charge is 0.480 e. The molecule has 0 aromatic carbocycles. The van der Waals surface area contributed by atoms with E-state index in [1.165, 1.54) is 0 Å². The lowest BCUT2D eigenvalue weighted by atomic mass is 9.90. The van der Waals surface area contributed by atoms with Gasteiger partial charge in [0.15, 0.2) is 0 Å². The van der Waals surface area contributed by atoms with Crippen molar-refractivity contribution in [3.63, 3.8) is 0 Å². The second-order valence-corrected chi connectivity index (χ2v) is 5.79. The molecule has 0 aromatic heterocycles. The molecule has 7 nitrogen and oxygen atoms in total. The van der Waals surface area contributed by atoms with Crippen molar-refractivity contribution >= 4 is 12.0 Å². The van der Waals surface area contributed by atoms with Crippen molar-refractivity contribution in [1.82, 2.24) is 10.2 Å². The fraction of sp³-hybridized carbons (Fsp3) is 0.857. The van der Waals surface area contributed by atoms with Gasteiger partial charge in [0.05, 0.1) is 6.61 Å². The highest BCUT2D eigenvalue weighted by atomic mass is 16.5. The Morgan fingerprint density at radius 3 is 2.38 bits per heavy atom. The maximum absolute atomic E-state index is 12.5. The van der Waals surface area contributed by atoms with E-state index in [-0.39, 0.29) is 38.1 Å². The van der Waals surface area contributed by atoms with Crippen molar-refractivity contribution < 1.29 is 24.5 Å². The summed E-state index contributed by atoms with van der Waals surface area (Å²) in [6, 6.07) is -0.289. The predicted octanol–water partition coefficient (Wildman–Crippen LogP) is 0.567. The predicted molar refractivity (Wildman–Crippen MR) is 75.0 cm³/mol. The van der Waals surface area contributed by atoms with Gasteiger partial charge in [-0.15, -0.1) is 0 Å². The number of carbonyl (C=O) groups is 2. The van der Waals surface area contributed by atoms with Gasteiger partial charge in [0, 0.05) is 38.6 Å². The number of nitrogens with one attached hydrogen (secondary N) is 1. The smallest absolute Gasteiger partial charge is 0.329 e. The van der Waals surface area contributed by atoms with Crippen molar-refractivity contribution in [2.75, 3.05) is 26.4 Å². The highest BCUT2D eigenvalue weighted by molar-refractivity contribution is 5.86. The van der Waals surface area contributed by atoms with Gasteiger partial charge in [0.2, 0.25) is 0 Å². The zero-order chi connectivity index (χ0) is 15.3. The first-order valence-electron chi connectivity index (χ1n) is 7.60. The van der Waals surface area contributed by atoms with E-state index in [0.29, 0.717) is 13.2 Å². The molecule has 0 aromatic rings. The topological polar surface area (TPSA) is 99.1 Å². The van der Waals surface area contributed by atoms with Crippen LogP contribution < -0.4 is 5.32 Å². The number of aliphatic hydroxyl groups excluding tert-OH is 1. The average Bonchev–Trinajstić information content (AvgIpc) is 2.99. The SMILES string of the molecule is O=C(NC1(C(=O)O)CCOCC1)N(CCO)C1CCCC1. The normalized spacial score (nSPS) is 22.0. The van der Waals surface area contributed by atoms with Crippen LogP contribution in [-0.4, -0.2) is 65.1 Å². The quantitative estimate of drug-likeness (QED) is 0.689. The standard InChI is InChI=1S/C14H24N2O5/c17-8-7-16(11-3-1-2-4-11)13(20)15-14(12(18)19)5-9-21-10-6-14/h11,17H,1-10H2,(H,15,20)(H,18,19). The number of rotatable bonds is 5. The van der Waals surface area contributed by atoms with Crippen LogP contribution in [0.3, 0.4) is 0 Å². The Kier molecular flexibility index (Phi) is 5.41. The minimum absolute atomic E-state index is 0.0998. The molecule has 2 rings (SSSR count). The first-order valence-corrected chi connectivity index (χ1v) is 7.60. The summed E-state index contributed by atoms with van der Waals surface area (Å²) in [5, 5.41) is 21.3. The molecule has 1 saturated carbocycles. The summed E-state index contributed by atoms with van der Waals surface area (Å²) in [4.78, 5) is 25.7. The van der Waals surface area contributed by atoms with E-state index in [9.17, 15) is 14.7 Å². The van der Waals surface area contributed by atoms with Crippen LogP contribution in [0.15, 0.2) is 0 Å². The van der Waals surface area contributed by atoms with E-state index in [1.807, 2.05) is 0 Å². The monoisotopic (exact) mass is 300 g/mol. The van der Waals surface area contributed by atoms with Gasteiger partial charge in [-0.1, -0.05) is 12.8 Å². The molecule has 120 valence electrons. The number of nitrogens with zero attached hydrogens (tertiary/aromatic N) is 1. The summed E-state index contributed by atoms with van der Waals surface area (Å²) in [6.07, 6.45) is 4.50. The van der Waals surface area contributed by atoms with Gasteiger partial charge >= 0.3 is 12.0 Å². The first-order chi connectivity index (χ1) is 10.1. The molecule has 2 aliphatic rings. The number of carboxylic acid groups (broad SMARTS) is 1. The number of amides is 2. The molecule has 1 aliphatic heterocycles. The van der Waals surface area contributed by atoms with Crippen molar-refractivity contribution in [1.29, 1.82) is 0 Å². The Hall–Kier alpha value is -1.34. The van der Waals surface area contributed by atoms with Crippen LogP contribution in [0.5, 0.6) is 0 Å². The van der Waals surface area contributed by atoms with Gasteiger partial charge < -0.3 is 25.2 Å². The zero-order valence-electron chi connectivity index (χ0n) is 12.2. The van der Waals surface area contributed by atoms with Gasteiger partial charge in [0.1, 0.15) is 5.54 Å². The summed E-state index contributed by atoms with van der Waals surface area (Å²) in [5.41, 5.74) is -1.25. The van der Waals surface area contributed by atoms with Crippen LogP contribution in [0.1, 0.15) is 38.5 Å². The van der Waals surface area contributed by atoms with E-state index >= 15 is 0 Å². The van der Waals surface area contributed by atoms with E-state index < -0.39 is 11.5 Å². The Bertz CT molecular complexity index is 376. The van der Waals surface area contributed by atoms with E-state index in [1.54, 1.807) is 4.90 Å². The third-order valence-corrected chi connectivity index (χ3v) is 4.47. The number of aliphatic carboxylic acids is 1. The van der Waals surface area contributed by atoms with Crippen LogP contribution in [-0.2, 0) is 9.53 Å². The van der Waals surface area contributed by atoms with Crippen molar-refractivity contribution in [3.05, 3.63) is 0 Å². The molecule has 0 bridgehead atoms. The Balaban J connectivity index is 2.06. The fourth-order valence-corrected chi connectivity index (χ4v) is 3.16. The summed E-state index contributed by atoms with van der Waals surface area (Å²) in [5.74, 6) is -1.02. The molecule has 0 atom stereocenters. The molecule has 0 unspecified atom stereocenters. The van der Waals surface area contributed by atoms with Crippen LogP contribution in [0, 0.1) is 0 Å². The second-order valence-electron chi connectivity index (χ2n) is 5.79. The molecule has 2 fully saturated rings. The lowest BCUT2D eigenvalue weighted by Crippen LogP contribution is -2.61. The fourth-order valence-electron chi connectivity index (χ4n) is 3.16. The second kappa shape index (κ2) is 7.09. The van der Waals surface area contributed by atoms with Crippen molar-refractivity contribution in [2.45, 2.75) is 50.1 Å². The van der Waals surface area contributed by atoms with Gasteiger partial charge in [-0.25, -0.2) is 9.59 Å².